The van der Waals surface area contributed by atoms with E-state index in [2.05, 4.69) is 20.2 Å². The first-order chi connectivity index (χ1) is 17.8. The maximum Gasteiger partial charge on any atom is 2.00 e. The van der Waals surface area contributed by atoms with Gasteiger partial charge in [0, 0.05) is 23.8 Å². The van der Waals surface area contributed by atoms with Crippen LogP contribution in [0.25, 0.3) is 11.6 Å². The summed E-state index contributed by atoms with van der Waals surface area (Å²) in [4.78, 5) is 46.6. The van der Waals surface area contributed by atoms with Crippen LogP contribution in [0, 0.1) is 44.5 Å². The maximum absolute atomic E-state index is 10.9. The molecule has 19 nitrogen and oxygen atoms in total. The van der Waals surface area contributed by atoms with E-state index in [1.165, 1.54) is 0 Å². The molecule has 0 atom stereocenters. The average molecular weight is 612 g/mol. The van der Waals surface area contributed by atoms with Gasteiger partial charge in [0.1, 0.15) is 0 Å². The number of nitrogens with zero attached hydrogens (tertiary/aromatic N) is 8. The van der Waals surface area contributed by atoms with E-state index < -0.39 is 22.0 Å². The Balaban J connectivity index is 0. The van der Waals surface area contributed by atoms with Crippen molar-refractivity contribution in [2.75, 3.05) is 0 Å². The van der Waals surface area contributed by atoms with Crippen LogP contribution in [0.15, 0.2) is 60.9 Å². The summed E-state index contributed by atoms with van der Waals surface area (Å²) < 4.78 is 3.17. The van der Waals surface area contributed by atoms with Crippen LogP contribution in [0.2, 0.25) is 0 Å². The van der Waals surface area contributed by atoms with Crippen LogP contribution < -0.4 is 11.5 Å². The number of carbonyl (C=O) groups is 2. The molecule has 0 unspecified atom stereocenters. The molecular formula is C20H22N10O9Zn. The zero-order valence-corrected chi connectivity index (χ0v) is 23.9. The number of primary amides is 2. The van der Waals surface area contributed by atoms with Gasteiger partial charge in [-0.3, -0.25) is 9.59 Å². The van der Waals surface area contributed by atoms with Crippen LogP contribution in [0.4, 0.5) is 0 Å². The zero-order chi connectivity index (χ0) is 28.8. The fraction of sp³-hybridized carbons (Fsp3) is 0.100. The summed E-state index contributed by atoms with van der Waals surface area (Å²) in [5, 5.41) is 37.6. The number of amides is 2. The molecule has 0 aliphatic carbocycles. The summed E-state index contributed by atoms with van der Waals surface area (Å²) in [5.74, 6) is 0.269. The van der Waals surface area contributed by atoms with Crippen molar-refractivity contribution in [2.24, 2.45) is 11.5 Å². The van der Waals surface area contributed by atoms with Crippen molar-refractivity contribution in [3.05, 3.63) is 114 Å². The molecule has 0 aromatic carbocycles. The van der Waals surface area contributed by atoms with Crippen LogP contribution in [-0.4, -0.2) is 57.0 Å². The Morgan fingerprint density at radius 2 is 1.02 bits per heavy atom. The second-order valence-electron chi connectivity index (χ2n) is 6.72. The molecule has 2 amide bonds. The van der Waals surface area contributed by atoms with E-state index in [1.54, 1.807) is 33.9 Å². The Hall–Kier alpha value is -5.36. The van der Waals surface area contributed by atoms with Crippen LogP contribution in [0.3, 0.4) is 0 Å². The Kier molecular flexibility index (Phi) is 16.5. The Labute approximate surface area is 237 Å². The summed E-state index contributed by atoms with van der Waals surface area (Å²) in [5.41, 5.74) is 12.4. The predicted molar refractivity (Wildman–Crippen MR) is 134 cm³/mol. The summed E-state index contributed by atoms with van der Waals surface area (Å²) in [6.45, 7) is 3.68. The van der Waals surface area contributed by atoms with Crippen molar-refractivity contribution in [3.63, 3.8) is 0 Å². The number of hydrogen-bond donors (Lipinski definition) is 2. The minimum Gasteiger partial charge on any atom is -0.412 e. The molecular weight excluding hydrogens is 590 g/mol. The van der Waals surface area contributed by atoms with Crippen molar-refractivity contribution in [2.45, 2.75) is 13.8 Å². The molecule has 0 aliphatic rings. The SMILES string of the molecule is Cc1cc(C(N)=O)nn1-c1ccccn1.Cc1cc(C(N)=O)nn1-c1ccccn1.O.O=[N+]([O-])[O-].O=[N+]([O-])[O-].[Zn+2]. The molecule has 0 bridgehead atoms. The van der Waals surface area contributed by atoms with Crippen molar-refractivity contribution in [3.8, 4) is 11.6 Å². The van der Waals surface area contributed by atoms with Crippen LogP contribution in [-0.2, 0) is 19.5 Å². The second-order valence-corrected chi connectivity index (χ2v) is 6.72. The summed E-state index contributed by atoms with van der Waals surface area (Å²) in [7, 11) is 0. The number of hydrogen-bond acceptors (Lipinski definition) is 12. The maximum atomic E-state index is 10.9. The smallest absolute Gasteiger partial charge is 0.412 e. The standard InChI is InChI=1S/2C10H10N4O.2NO3.H2O.Zn/c2*1-7-6-8(10(11)15)13-14(7)9-4-2-3-5-12-9;2*2-1(3)4;;/h2*2-6H,1H3,(H2,11,15);;;1H2;/q;;2*-1;;+2. The Morgan fingerprint density at radius 3 is 1.23 bits per heavy atom. The van der Waals surface area contributed by atoms with E-state index in [4.69, 9.17) is 42.1 Å². The topological polar surface area (TPSA) is 312 Å². The number of pyridine rings is 2. The van der Waals surface area contributed by atoms with Gasteiger partial charge in [-0.25, -0.2) is 19.3 Å². The van der Waals surface area contributed by atoms with E-state index in [-0.39, 0.29) is 36.3 Å². The van der Waals surface area contributed by atoms with Crippen LogP contribution in [0.5, 0.6) is 0 Å². The van der Waals surface area contributed by atoms with Gasteiger partial charge < -0.3 is 47.6 Å². The van der Waals surface area contributed by atoms with Crippen molar-refractivity contribution in [1.82, 2.24) is 29.5 Å². The molecule has 0 saturated heterocycles. The monoisotopic (exact) mass is 610 g/mol. The first-order valence-electron chi connectivity index (χ1n) is 10.0. The number of aryl methyl sites for hydroxylation is 2. The van der Waals surface area contributed by atoms with E-state index in [0.717, 1.165) is 11.4 Å². The third kappa shape index (κ3) is 12.7. The van der Waals surface area contributed by atoms with E-state index in [1.807, 2.05) is 50.2 Å². The number of nitrogens with two attached hydrogens (primary N) is 2. The molecule has 4 heterocycles. The molecule has 40 heavy (non-hydrogen) atoms. The van der Waals surface area contributed by atoms with E-state index in [0.29, 0.717) is 11.6 Å². The molecule has 0 aliphatic heterocycles. The number of carbonyl (C=O) groups excluding carboxylic acids is 2. The molecule has 0 saturated carbocycles. The summed E-state index contributed by atoms with van der Waals surface area (Å²) in [6.07, 6.45) is 3.33. The van der Waals surface area contributed by atoms with Gasteiger partial charge in [-0.05, 0) is 50.2 Å². The van der Waals surface area contributed by atoms with E-state index in [9.17, 15) is 9.59 Å². The molecule has 20 heteroatoms. The summed E-state index contributed by atoms with van der Waals surface area (Å²) in [6, 6.07) is 14.2. The first kappa shape index (κ1) is 36.8. The Bertz CT molecular complexity index is 1270. The third-order valence-electron chi connectivity index (χ3n) is 4.01. The summed E-state index contributed by atoms with van der Waals surface area (Å²) >= 11 is 0. The fourth-order valence-corrected chi connectivity index (χ4v) is 2.61. The third-order valence-corrected chi connectivity index (χ3v) is 4.01. The van der Waals surface area contributed by atoms with Gasteiger partial charge in [-0.1, -0.05) is 12.1 Å². The fourth-order valence-electron chi connectivity index (χ4n) is 2.61. The van der Waals surface area contributed by atoms with Crippen LogP contribution in [0.1, 0.15) is 32.4 Å². The predicted octanol–water partition coefficient (Wildman–Crippen LogP) is 0.0438. The van der Waals surface area contributed by atoms with Gasteiger partial charge >= 0.3 is 19.5 Å². The van der Waals surface area contributed by atoms with Gasteiger partial charge in [0.15, 0.2) is 23.0 Å². The van der Waals surface area contributed by atoms with Gasteiger partial charge in [0.2, 0.25) is 0 Å². The minimum atomic E-state index is -1.75. The molecule has 0 fully saturated rings. The molecule has 208 valence electrons. The van der Waals surface area contributed by atoms with Gasteiger partial charge in [0.05, 0.1) is 10.2 Å². The quantitative estimate of drug-likeness (QED) is 0.175. The van der Waals surface area contributed by atoms with Crippen LogP contribution >= 0.6 is 0 Å². The molecule has 6 N–H and O–H groups in total. The molecule has 4 aromatic rings. The zero-order valence-electron chi connectivity index (χ0n) is 21.0. The van der Waals surface area contributed by atoms with E-state index >= 15 is 0 Å². The normalized spacial score (nSPS) is 8.85. The van der Waals surface area contributed by atoms with Gasteiger partial charge in [-0.2, -0.15) is 10.2 Å². The minimum absolute atomic E-state index is 0. The number of aromatic nitrogens is 6. The largest absolute Gasteiger partial charge is 2.00 e. The Morgan fingerprint density at radius 1 is 0.725 bits per heavy atom. The van der Waals surface area contributed by atoms with Crippen molar-refractivity contribution < 1.29 is 44.7 Å². The molecule has 4 aromatic heterocycles. The van der Waals surface area contributed by atoms with Gasteiger partial charge in [0.25, 0.3) is 11.8 Å². The van der Waals surface area contributed by atoms with Gasteiger partial charge in [-0.15, -0.1) is 0 Å². The van der Waals surface area contributed by atoms with Crippen molar-refractivity contribution >= 4 is 11.8 Å². The first-order valence-corrected chi connectivity index (χ1v) is 10.0. The molecule has 0 radical (unpaired) electrons. The second kappa shape index (κ2) is 18.0. The molecule has 0 spiro atoms. The van der Waals surface area contributed by atoms with Crippen molar-refractivity contribution in [1.29, 1.82) is 0 Å². The number of rotatable bonds is 4. The molecule has 4 rings (SSSR count). The average Bonchev–Trinajstić information content (AvgIpc) is 3.43.